The molecule has 1 aliphatic carbocycles. The number of hydrogen-bond acceptors (Lipinski definition) is 10. The molecule has 8 rings (SSSR count). The van der Waals surface area contributed by atoms with E-state index in [2.05, 4.69) is 25.7 Å². The number of aliphatic carboxylic acids is 1. The van der Waals surface area contributed by atoms with Crippen LogP contribution in [0.3, 0.4) is 0 Å². The molecule has 312 valence electrons. The van der Waals surface area contributed by atoms with E-state index in [1.165, 1.54) is 48.1 Å². The summed E-state index contributed by atoms with van der Waals surface area (Å²) in [6.07, 6.45) is 1.43. The molecule has 4 aromatic rings. The minimum atomic E-state index is -4.83. The Morgan fingerprint density at radius 2 is 1.81 bits per heavy atom. The van der Waals surface area contributed by atoms with Crippen LogP contribution in [0, 0.1) is 11.8 Å². The molecule has 16 nitrogen and oxygen atoms in total. The minimum absolute atomic E-state index is 0.0235. The van der Waals surface area contributed by atoms with Crippen LogP contribution in [-0.4, -0.2) is 127 Å². The standard InChI is InChI=1S/C39H43ClF3N11O5/c1-50-30(28-19-53(49-33(28)39(41,42)43)31-5-2-25(44)17-46-31)18-47-34(50)35(57)48-26-3-4-27(29(40)14-26)37(59)52-11-10-51(22-38(52)8-9-38)36(58)24-6-12-54(13-7-24,21-32(55)56)20-23-15-45-16-23/h2-5,14,17-19,23-24,45H,6-13,15-16,20-22,44H2,1H3,(H-,48,55,56,57,59). The lowest BCUT2D eigenvalue weighted by Crippen LogP contribution is -2.64. The SMILES string of the molecule is Cn1c(-c2cn(-c3ccc(N)cn3)nc2C(F)(F)F)cnc1C(=O)Nc1ccc(C(=O)N2CCN(C(=O)C3CC[N+](CC(=O)[O-])(CC4CNC4)CC3)CC23CC3)c(Cl)c1. The highest BCUT2D eigenvalue weighted by atomic mass is 35.5. The first-order chi connectivity index (χ1) is 28.0. The summed E-state index contributed by atoms with van der Waals surface area (Å²) < 4.78 is 45.0. The van der Waals surface area contributed by atoms with E-state index in [9.17, 15) is 37.5 Å². The van der Waals surface area contributed by atoms with Crippen molar-refractivity contribution in [2.45, 2.75) is 37.4 Å². The van der Waals surface area contributed by atoms with Crippen molar-refractivity contribution >= 4 is 46.7 Å². The molecule has 4 aliphatic rings. The fraction of sp³-hybridized carbons (Fsp3) is 0.462. The summed E-state index contributed by atoms with van der Waals surface area (Å²) in [6, 6.07) is 7.34. The third-order valence-electron chi connectivity index (χ3n) is 12.2. The van der Waals surface area contributed by atoms with Crippen molar-refractivity contribution in [3.63, 3.8) is 0 Å². The molecule has 0 bridgehead atoms. The fourth-order valence-corrected chi connectivity index (χ4v) is 9.03. The molecule has 1 aromatic carbocycles. The Balaban J connectivity index is 0.908. The molecule has 6 heterocycles. The van der Waals surface area contributed by atoms with Gasteiger partial charge in [-0.1, -0.05) is 11.6 Å². The van der Waals surface area contributed by atoms with Gasteiger partial charge in [0, 0.05) is 76.3 Å². The number of imidazole rings is 1. The van der Waals surface area contributed by atoms with Gasteiger partial charge in [0.25, 0.3) is 11.8 Å². The number of carboxylic acids is 1. The zero-order valence-corrected chi connectivity index (χ0v) is 32.9. The quantitative estimate of drug-likeness (QED) is 0.199. The van der Waals surface area contributed by atoms with Crippen molar-refractivity contribution < 1.29 is 41.9 Å². The molecule has 4 N–H and O–H groups in total. The van der Waals surface area contributed by atoms with E-state index in [0.717, 1.165) is 49.6 Å². The summed E-state index contributed by atoms with van der Waals surface area (Å²) in [5.41, 5.74) is 4.40. The highest BCUT2D eigenvalue weighted by Gasteiger charge is 2.55. The zero-order chi connectivity index (χ0) is 41.9. The van der Waals surface area contributed by atoms with Gasteiger partial charge in [-0.15, -0.1) is 0 Å². The number of carbonyl (C=O) groups excluding carboxylic acids is 4. The number of amides is 3. The second-order valence-electron chi connectivity index (χ2n) is 16.2. The lowest BCUT2D eigenvalue weighted by molar-refractivity contribution is -0.931. The number of carbonyl (C=O) groups is 4. The van der Waals surface area contributed by atoms with E-state index in [1.54, 1.807) is 4.90 Å². The number of nitrogens with one attached hydrogen (secondary N) is 2. The highest BCUT2D eigenvalue weighted by Crippen LogP contribution is 2.46. The number of rotatable bonds is 10. The van der Waals surface area contributed by atoms with Crippen LogP contribution in [0.15, 0.2) is 48.9 Å². The average Bonchev–Trinajstić information content (AvgIpc) is 3.58. The Morgan fingerprint density at radius 3 is 2.42 bits per heavy atom. The van der Waals surface area contributed by atoms with Crippen molar-refractivity contribution in [3.8, 4) is 17.1 Å². The van der Waals surface area contributed by atoms with E-state index in [-0.39, 0.29) is 63.5 Å². The van der Waals surface area contributed by atoms with Crippen LogP contribution >= 0.6 is 11.6 Å². The number of benzene rings is 1. The van der Waals surface area contributed by atoms with Gasteiger partial charge in [-0.2, -0.15) is 18.3 Å². The predicted molar refractivity (Wildman–Crippen MR) is 206 cm³/mol. The lowest BCUT2D eigenvalue weighted by Gasteiger charge is -2.48. The third-order valence-corrected chi connectivity index (χ3v) is 12.5. The number of aromatic nitrogens is 5. The van der Waals surface area contributed by atoms with E-state index in [4.69, 9.17) is 17.3 Å². The number of likely N-dealkylation sites (tertiary alicyclic amines) is 1. The average molecular weight is 838 g/mol. The molecule has 20 heteroatoms. The Kier molecular flexibility index (Phi) is 10.4. The molecular formula is C39H43ClF3N11O5. The Bertz CT molecular complexity index is 2300. The van der Waals surface area contributed by atoms with Gasteiger partial charge < -0.3 is 45.1 Å². The zero-order valence-electron chi connectivity index (χ0n) is 32.2. The number of nitrogens with zero attached hydrogens (tertiary/aromatic N) is 8. The first-order valence-electron chi connectivity index (χ1n) is 19.4. The van der Waals surface area contributed by atoms with Crippen molar-refractivity contribution in [2.24, 2.45) is 18.9 Å². The fourth-order valence-electron chi connectivity index (χ4n) is 8.77. The molecule has 1 saturated carbocycles. The number of nitrogens with two attached hydrogens (primary N) is 1. The van der Waals surface area contributed by atoms with Gasteiger partial charge >= 0.3 is 6.18 Å². The first-order valence-corrected chi connectivity index (χ1v) is 19.8. The second kappa shape index (κ2) is 15.3. The van der Waals surface area contributed by atoms with E-state index in [0.29, 0.717) is 61.7 Å². The summed E-state index contributed by atoms with van der Waals surface area (Å²) in [7, 11) is 1.40. The molecule has 3 aliphatic heterocycles. The topological polar surface area (TPSA) is 196 Å². The third kappa shape index (κ3) is 7.97. The first kappa shape index (κ1) is 40.3. The number of nitrogen functional groups attached to an aromatic ring is 1. The van der Waals surface area contributed by atoms with Gasteiger partial charge in [0.05, 0.1) is 71.1 Å². The number of halogens is 4. The maximum Gasteiger partial charge on any atom is 0.435 e. The lowest BCUT2D eigenvalue weighted by atomic mass is 9.90. The van der Waals surface area contributed by atoms with Gasteiger partial charge in [0.1, 0.15) is 6.54 Å². The molecule has 3 saturated heterocycles. The molecule has 0 unspecified atom stereocenters. The number of carboxylic acid groups (broad SMARTS) is 1. The number of quaternary nitrogens is 1. The van der Waals surface area contributed by atoms with Crippen LogP contribution < -0.4 is 21.5 Å². The number of piperazine rings is 1. The molecule has 3 aromatic heterocycles. The van der Waals surface area contributed by atoms with E-state index in [1.807, 2.05) is 4.90 Å². The van der Waals surface area contributed by atoms with E-state index < -0.39 is 29.3 Å². The van der Waals surface area contributed by atoms with Crippen LogP contribution in [0.2, 0.25) is 5.02 Å². The largest absolute Gasteiger partial charge is 0.544 e. The monoisotopic (exact) mass is 837 g/mol. The van der Waals surface area contributed by atoms with Gasteiger partial charge in [0.15, 0.2) is 17.3 Å². The number of pyridine rings is 1. The maximum absolute atomic E-state index is 14.1. The number of hydrogen-bond donors (Lipinski definition) is 3. The van der Waals surface area contributed by atoms with Crippen molar-refractivity contribution in [1.29, 1.82) is 0 Å². The van der Waals surface area contributed by atoms with Crippen molar-refractivity contribution in [2.75, 3.05) is 70.0 Å². The minimum Gasteiger partial charge on any atom is -0.544 e. The van der Waals surface area contributed by atoms with Gasteiger partial charge in [0.2, 0.25) is 5.91 Å². The molecule has 1 spiro atoms. The normalized spacial score (nSPS) is 21.6. The Morgan fingerprint density at radius 1 is 1.07 bits per heavy atom. The van der Waals surface area contributed by atoms with Gasteiger partial charge in [-0.25, -0.2) is 14.6 Å². The van der Waals surface area contributed by atoms with Crippen molar-refractivity contribution in [1.82, 2.24) is 39.4 Å². The highest BCUT2D eigenvalue weighted by molar-refractivity contribution is 6.34. The second-order valence-corrected chi connectivity index (χ2v) is 16.6. The number of anilines is 2. The van der Waals surface area contributed by atoms with Gasteiger partial charge in [-0.3, -0.25) is 14.4 Å². The number of piperidine rings is 1. The predicted octanol–water partition coefficient (Wildman–Crippen LogP) is 2.19. The Hall–Kier alpha value is -5.53. The molecule has 4 fully saturated rings. The summed E-state index contributed by atoms with van der Waals surface area (Å²) in [4.78, 5) is 64.6. The molecular weight excluding hydrogens is 795 g/mol. The van der Waals surface area contributed by atoms with Crippen LogP contribution in [0.25, 0.3) is 17.1 Å². The summed E-state index contributed by atoms with van der Waals surface area (Å²) in [6.45, 7) is 4.78. The molecule has 59 heavy (non-hydrogen) atoms. The van der Waals surface area contributed by atoms with Crippen LogP contribution in [0.1, 0.15) is 52.4 Å². The van der Waals surface area contributed by atoms with Crippen molar-refractivity contribution in [3.05, 3.63) is 71.0 Å². The summed E-state index contributed by atoms with van der Waals surface area (Å²) in [5, 5.41) is 21.3. The Labute approximate surface area is 341 Å². The van der Waals surface area contributed by atoms with Crippen LogP contribution in [-0.2, 0) is 22.8 Å². The van der Waals surface area contributed by atoms with E-state index >= 15 is 0 Å². The summed E-state index contributed by atoms with van der Waals surface area (Å²) in [5.74, 6) is -1.92. The molecule has 0 radical (unpaired) electrons. The maximum atomic E-state index is 14.1. The molecule has 0 atom stereocenters. The van der Waals surface area contributed by atoms with Crippen LogP contribution in [0.4, 0.5) is 24.5 Å². The smallest absolute Gasteiger partial charge is 0.435 e. The summed E-state index contributed by atoms with van der Waals surface area (Å²) >= 11 is 6.65. The van der Waals surface area contributed by atoms with Gasteiger partial charge in [-0.05, 0) is 43.2 Å². The van der Waals surface area contributed by atoms with Crippen LogP contribution in [0.5, 0.6) is 0 Å². The number of alkyl halides is 3. The molecule has 3 amide bonds.